The molecule has 1 rings (SSSR count). The molecule has 0 atom stereocenters. The van der Waals surface area contributed by atoms with Crippen molar-refractivity contribution >= 4 is 23.3 Å². The summed E-state index contributed by atoms with van der Waals surface area (Å²) < 4.78 is 4.46. The van der Waals surface area contributed by atoms with Crippen LogP contribution in [-0.2, 0) is 23.9 Å². The highest BCUT2D eigenvalue weighted by Crippen LogP contribution is 2.18. The number of Topliss-reactive ketones (excluding diaryl/α,β-unsaturated/α-hetero) is 3. The van der Waals surface area contributed by atoms with Gasteiger partial charge in [-0.15, -0.1) is 0 Å². The van der Waals surface area contributed by atoms with Crippen LogP contribution in [0.15, 0.2) is 0 Å². The standard InChI is InChI=1S/C10H12O5/c1-6(11)15-5-9(14)10-7(12)3-2-4-8(10)13/h10H,2-5H2,1H3. The predicted octanol–water partition coefficient (Wildman–Crippen LogP) is 0.0569. The zero-order valence-corrected chi connectivity index (χ0v) is 8.45. The third kappa shape index (κ3) is 2.97. The van der Waals surface area contributed by atoms with Gasteiger partial charge >= 0.3 is 5.97 Å². The maximum absolute atomic E-state index is 11.4. The third-order valence-corrected chi connectivity index (χ3v) is 2.23. The smallest absolute Gasteiger partial charge is 0.303 e. The number of rotatable bonds is 3. The molecule has 0 N–H and O–H groups in total. The molecule has 15 heavy (non-hydrogen) atoms. The van der Waals surface area contributed by atoms with Gasteiger partial charge < -0.3 is 4.74 Å². The molecule has 0 aromatic heterocycles. The number of ether oxygens (including phenoxy) is 1. The maximum atomic E-state index is 11.4. The fraction of sp³-hybridized carbons (Fsp3) is 0.600. The second kappa shape index (κ2) is 4.82. The van der Waals surface area contributed by atoms with Crippen LogP contribution in [0.3, 0.4) is 0 Å². The molecule has 1 fully saturated rings. The van der Waals surface area contributed by atoms with Gasteiger partial charge in [-0.25, -0.2) is 0 Å². The lowest BCUT2D eigenvalue weighted by Crippen LogP contribution is -2.37. The number of carbonyl (C=O) groups excluding carboxylic acids is 4. The van der Waals surface area contributed by atoms with Crippen molar-refractivity contribution in [1.82, 2.24) is 0 Å². The lowest BCUT2D eigenvalue weighted by atomic mass is 9.84. The van der Waals surface area contributed by atoms with E-state index in [0.717, 1.165) is 6.92 Å². The van der Waals surface area contributed by atoms with Crippen LogP contribution in [-0.4, -0.2) is 29.9 Å². The first-order valence-corrected chi connectivity index (χ1v) is 4.74. The first-order valence-electron chi connectivity index (χ1n) is 4.74. The van der Waals surface area contributed by atoms with Crippen molar-refractivity contribution in [3.63, 3.8) is 0 Å². The lowest BCUT2D eigenvalue weighted by Gasteiger charge is -2.17. The highest BCUT2D eigenvalue weighted by Gasteiger charge is 2.35. The van der Waals surface area contributed by atoms with Gasteiger partial charge in [-0.05, 0) is 6.42 Å². The highest BCUT2D eigenvalue weighted by molar-refractivity contribution is 6.20. The number of hydrogen-bond acceptors (Lipinski definition) is 5. The average molecular weight is 212 g/mol. The predicted molar refractivity (Wildman–Crippen MR) is 49.0 cm³/mol. The lowest BCUT2D eigenvalue weighted by molar-refractivity contribution is -0.151. The third-order valence-electron chi connectivity index (χ3n) is 2.23. The molecule has 0 radical (unpaired) electrons. The molecule has 0 aromatic carbocycles. The molecular weight excluding hydrogens is 200 g/mol. The summed E-state index contributed by atoms with van der Waals surface area (Å²) in [5.41, 5.74) is 0. The first kappa shape index (κ1) is 11.6. The molecule has 82 valence electrons. The van der Waals surface area contributed by atoms with Crippen molar-refractivity contribution in [2.45, 2.75) is 26.2 Å². The summed E-state index contributed by atoms with van der Waals surface area (Å²) in [6, 6.07) is 0. The number of esters is 1. The molecule has 1 saturated carbocycles. The summed E-state index contributed by atoms with van der Waals surface area (Å²) in [4.78, 5) is 44.5. The summed E-state index contributed by atoms with van der Waals surface area (Å²) in [7, 11) is 0. The Morgan fingerprint density at radius 2 is 1.80 bits per heavy atom. The van der Waals surface area contributed by atoms with Gasteiger partial charge in [0.1, 0.15) is 5.92 Å². The summed E-state index contributed by atoms with van der Waals surface area (Å²) in [5.74, 6) is -3.12. The summed E-state index contributed by atoms with van der Waals surface area (Å²) >= 11 is 0. The molecular formula is C10H12O5. The van der Waals surface area contributed by atoms with E-state index in [0.29, 0.717) is 6.42 Å². The van der Waals surface area contributed by atoms with Crippen LogP contribution in [0.5, 0.6) is 0 Å². The molecule has 0 bridgehead atoms. The molecule has 1 aliphatic carbocycles. The van der Waals surface area contributed by atoms with Crippen LogP contribution in [0, 0.1) is 5.92 Å². The van der Waals surface area contributed by atoms with Crippen molar-refractivity contribution < 1.29 is 23.9 Å². The van der Waals surface area contributed by atoms with Crippen LogP contribution in [0.2, 0.25) is 0 Å². The van der Waals surface area contributed by atoms with Crippen LogP contribution in [0.1, 0.15) is 26.2 Å². The van der Waals surface area contributed by atoms with Crippen molar-refractivity contribution in [3.05, 3.63) is 0 Å². The second-order valence-electron chi connectivity index (χ2n) is 3.47. The fourth-order valence-corrected chi connectivity index (χ4v) is 1.52. The Morgan fingerprint density at radius 1 is 1.27 bits per heavy atom. The van der Waals surface area contributed by atoms with Crippen LogP contribution in [0.4, 0.5) is 0 Å². The zero-order chi connectivity index (χ0) is 11.4. The Kier molecular flexibility index (Phi) is 3.71. The van der Waals surface area contributed by atoms with Crippen molar-refractivity contribution in [1.29, 1.82) is 0 Å². The Bertz CT molecular complexity index is 302. The Balaban J connectivity index is 2.60. The Morgan fingerprint density at radius 3 is 2.27 bits per heavy atom. The minimum Gasteiger partial charge on any atom is -0.458 e. The molecule has 0 aromatic rings. The SMILES string of the molecule is CC(=O)OCC(=O)C1C(=O)CCCC1=O. The molecule has 0 saturated heterocycles. The van der Waals surface area contributed by atoms with Gasteiger partial charge in [0.25, 0.3) is 0 Å². The number of ketones is 3. The number of carbonyl (C=O) groups is 4. The minimum absolute atomic E-state index is 0.252. The quantitative estimate of drug-likeness (QED) is 0.488. The van der Waals surface area contributed by atoms with E-state index in [2.05, 4.69) is 4.74 Å². The highest BCUT2D eigenvalue weighted by atomic mass is 16.5. The Labute approximate surface area is 86.8 Å². The first-order chi connectivity index (χ1) is 7.02. The molecule has 0 heterocycles. The van der Waals surface area contributed by atoms with E-state index in [-0.39, 0.29) is 24.4 Å². The molecule has 5 heteroatoms. The van der Waals surface area contributed by atoms with Gasteiger partial charge in [0.2, 0.25) is 0 Å². The minimum atomic E-state index is -1.20. The summed E-state index contributed by atoms with van der Waals surface area (Å²) in [6.45, 7) is 0.676. The average Bonchev–Trinajstić information content (AvgIpc) is 2.14. The largest absolute Gasteiger partial charge is 0.458 e. The van der Waals surface area contributed by atoms with Crippen molar-refractivity contribution in [3.8, 4) is 0 Å². The van der Waals surface area contributed by atoms with Crippen LogP contribution < -0.4 is 0 Å². The van der Waals surface area contributed by atoms with E-state index in [1.54, 1.807) is 0 Å². The molecule has 5 nitrogen and oxygen atoms in total. The van der Waals surface area contributed by atoms with Gasteiger partial charge in [0.05, 0.1) is 0 Å². The van der Waals surface area contributed by atoms with Gasteiger partial charge in [-0.2, -0.15) is 0 Å². The second-order valence-corrected chi connectivity index (χ2v) is 3.47. The zero-order valence-electron chi connectivity index (χ0n) is 8.45. The molecule has 0 amide bonds. The summed E-state index contributed by atoms with van der Waals surface area (Å²) in [5, 5.41) is 0. The van der Waals surface area contributed by atoms with Crippen molar-refractivity contribution in [2.75, 3.05) is 6.61 Å². The maximum Gasteiger partial charge on any atom is 0.303 e. The van der Waals surface area contributed by atoms with E-state index >= 15 is 0 Å². The molecule has 0 spiro atoms. The van der Waals surface area contributed by atoms with Crippen LogP contribution in [0.25, 0.3) is 0 Å². The van der Waals surface area contributed by atoms with E-state index in [4.69, 9.17) is 0 Å². The monoisotopic (exact) mass is 212 g/mol. The van der Waals surface area contributed by atoms with Gasteiger partial charge in [-0.3, -0.25) is 19.2 Å². The van der Waals surface area contributed by atoms with Crippen LogP contribution >= 0.6 is 0 Å². The van der Waals surface area contributed by atoms with Gasteiger partial charge in [0, 0.05) is 19.8 Å². The van der Waals surface area contributed by atoms with Gasteiger partial charge in [-0.1, -0.05) is 0 Å². The number of hydrogen-bond donors (Lipinski definition) is 0. The Hall–Kier alpha value is -1.52. The van der Waals surface area contributed by atoms with E-state index in [1.165, 1.54) is 0 Å². The van der Waals surface area contributed by atoms with E-state index in [1.807, 2.05) is 0 Å². The normalized spacial score (nSPS) is 17.7. The fourth-order valence-electron chi connectivity index (χ4n) is 1.52. The molecule has 0 aliphatic heterocycles. The van der Waals surface area contributed by atoms with E-state index < -0.39 is 24.3 Å². The van der Waals surface area contributed by atoms with E-state index in [9.17, 15) is 19.2 Å². The molecule has 0 unspecified atom stereocenters. The topological polar surface area (TPSA) is 77.5 Å². The summed E-state index contributed by atoms with van der Waals surface area (Å²) in [6.07, 6.45) is 1.01. The van der Waals surface area contributed by atoms with Gasteiger partial charge in [0.15, 0.2) is 24.0 Å². The molecule has 1 aliphatic rings. The van der Waals surface area contributed by atoms with Crippen molar-refractivity contribution in [2.24, 2.45) is 5.92 Å².